The van der Waals surface area contributed by atoms with E-state index in [2.05, 4.69) is 31.2 Å². The number of anilines is 1. The van der Waals surface area contributed by atoms with Crippen LogP contribution in [0.15, 0.2) is 39.9 Å². The molecular formula is C12H10BrN3O3. The average Bonchev–Trinajstić information content (AvgIpc) is 2.42. The van der Waals surface area contributed by atoms with Crippen LogP contribution in [-0.4, -0.2) is 23.0 Å². The van der Waals surface area contributed by atoms with Crippen molar-refractivity contribution in [3.05, 3.63) is 51.0 Å². The quantitative estimate of drug-likeness (QED) is 0.902. The summed E-state index contributed by atoms with van der Waals surface area (Å²) < 4.78 is 5.64. The van der Waals surface area contributed by atoms with Crippen molar-refractivity contribution in [2.45, 2.75) is 0 Å². The molecule has 0 fully saturated rings. The molecule has 2 rings (SSSR count). The van der Waals surface area contributed by atoms with Crippen LogP contribution in [0.3, 0.4) is 0 Å². The molecule has 0 bridgehead atoms. The van der Waals surface area contributed by atoms with Gasteiger partial charge in [-0.2, -0.15) is 0 Å². The van der Waals surface area contributed by atoms with E-state index in [-0.39, 0.29) is 22.7 Å². The van der Waals surface area contributed by atoms with Crippen molar-refractivity contribution in [3.63, 3.8) is 0 Å². The van der Waals surface area contributed by atoms with E-state index in [4.69, 9.17) is 4.74 Å². The molecule has 0 aliphatic heterocycles. The first-order valence-corrected chi connectivity index (χ1v) is 6.09. The van der Waals surface area contributed by atoms with Crippen LogP contribution in [0.25, 0.3) is 0 Å². The van der Waals surface area contributed by atoms with Crippen molar-refractivity contribution in [1.29, 1.82) is 0 Å². The Morgan fingerprint density at radius 3 is 3.05 bits per heavy atom. The van der Waals surface area contributed by atoms with Crippen molar-refractivity contribution in [2.24, 2.45) is 0 Å². The van der Waals surface area contributed by atoms with Gasteiger partial charge in [-0.05, 0) is 34.1 Å². The highest BCUT2D eigenvalue weighted by atomic mass is 79.9. The van der Waals surface area contributed by atoms with Crippen LogP contribution in [0.4, 0.5) is 5.69 Å². The first kappa shape index (κ1) is 13.3. The Kier molecular flexibility index (Phi) is 3.96. The van der Waals surface area contributed by atoms with Crippen LogP contribution in [0.2, 0.25) is 0 Å². The standard InChI is InChI=1S/C12H10BrN3O3/c1-19-12-8(3-2-4-14-12)10(17)16-9-5-7(13)6-15-11(9)18/h2-6H,1H3,(H,15,18)(H,16,17). The SMILES string of the molecule is COc1ncccc1C(=O)Nc1cc(Br)c[nH]c1=O. The molecule has 0 spiro atoms. The lowest BCUT2D eigenvalue weighted by Gasteiger charge is -2.07. The smallest absolute Gasteiger partial charge is 0.271 e. The van der Waals surface area contributed by atoms with Crippen LogP contribution in [0.1, 0.15) is 10.4 Å². The minimum Gasteiger partial charge on any atom is -0.480 e. The van der Waals surface area contributed by atoms with Gasteiger partial charge in [-0.1, -0.05) is 0 Å². The third kappa shape index (κ3) is 3.00. The molecule has 0 aromatic carbocycles. The number of ether oxygens (including phenoxy) is 1. The lowest BCUT2D eigenvalue weighted by Crippen LogP contribution is -2.20. The van der Waals surface area contributed by atoms with Crippen LogP contribution >= 0.6 is 15.9 Å². The maximum absolute atomic E-state index is 12.1. The third-order valence-electron chi connectivity index (χ3n) is 2.33. The number of hydrogen-bond donors (Lipinski definition) is 2. The summed E-state index contributed by atoms with van der Waals surface area (Å²) in [6.45, 7) is 0. The molecule has 0 saturated carbocycles. The number of carbonyl (C=O) groups excluding carboxylic acids is 1. The lowest BCUT2D eigenvalue weighted by atomic mass is 10.2. The van der Waals surface area contributed by atoms with Gasteiger partial charge in [0, 0.05) is 16.9 Å². The number of nitrogens with one attached hydrogen (secondary N) is 2. The molecule has 7 heteroatoms. The minimum atomic E-state index is -0.464. The molecule has 2 heterocycles. The Labute approximate surface area is 117 Å². The zero-order chi connectivity index (χ0) is 13.8. The maximum atomic E-state index is 12.1. The second-order valence-electron chi connectivity index (χ2n) is 3.58. The zero-order valence-electron chi connectivity index (χ0n) is 9.94. The van der Waals surface area contributed by atoms with Gasteiger partial charge in [-0.3, -0.25) is 9.59 Å². The normalized spacial score (nSPS) is 10.0. The fourth-order valence-electron chi connectivity index (χ4n) is 1.47. The third-order valence-corrected chi connectivity index (χ3v) is 2.78. The Balaban J connectivity index is 2.31. The van der Waals surface area contributed by atoms with Gasteiger partial charge in [-0.15, -0.1) is 0 Å². The molecule has 2 N–H and O–H groups in total. The van der Waals surface area contributed by atoms with Gasteiger partial charge in [-0.25, -0.2) is 4.98 Å². The number of halogens is 1. The Morgan fingerprint density at radius 1 is 1.53 bits per heavy atom. The van der Waals surface area contributed by atoms with E-state index >= 15 is 0 Å². The molecule has 0 saturated heterocycles. The molecule has 19 heavy (non-hydrogen) atoms. The molecule has 0 aliphatic carbocycles. The Bertz CT molecular complexity index is 669. The predicted octanol–water partition coefficient (Wildman–Crippen LogP) is 1.79. The number of nitrogens with zero attached hydrogens (tertiary/aromatic N) is 1. The lowest BCUT2D eigenvalue weighted by molar-refractivity contribution is 0.102. The first-order valence-electron chi connectivity index (χ1n) is 5.30. The number of hydrogen-bond acceptors (Lipinski definition) is 4. The molecule has 98 valence electrons. The Morgan fingerprint density at radius 2 is 2.32 bits per heavy atom. The van der Waals surface area contributed by atoms with Crippen molar-refractivity contribution in [1.82, 2.24) is 9.97 Å². The summed E-state index contributed by atoms with van der Waals surface area (Å²) in [7, 11) is 1.42. The van der Waals surface area contributed by atoms with Gasteiger partial charge < -0.3 is 15.0 Å². The van der Waals surface area contributed by atoms with Gasteiger partial charge in [0.1, 0.15) is 11.3 Å². The summed E-state index contributed by atoms with van der Waals surface area (Å²) >= 11 is 3.21. The molecule has 2 aromatic rings. The van der Waals surface area contributed by atoms with Crippen molar-refractivity contribution in [2.75, 3.05) is 12.4 Å². The van der Waals surface area contributed by atoms with Crippen LogP contribution in [0, 0.1) is 0 Å². The monoisotopic (exact) mass is 323 g/mol. The molecule has 0 aliphatic rings. The molecule has 0 atom stereocenters. The fraction of sp³-hybridized carbons (Fsp3) is 0.0833. The van der Waals surface area contributed by atoms with E-state index in [0.717, 1.165) is 0 Å². The number of H-pyrrole nitrogens is 1. The van der Waals surface area contributed by atoms with Gasteiger partial charge in [0.05, 0.1) is 7.11 Å². The first-order chi connectivity index (χ1) is 9.11. The number of methoxy groups -OCH3 is 1. The summed E-state index contributed by atoms with van der Waals surface area (Å²) in [4.78, 5) is 30.0. The largest absolute Gasteiger partial charge is 0.480 e. The van der Waals surface area contributed by atoms with Crippen LogP contribution in [0.5, 0.6) is 5.88 Å². The minimum absolute atomic E-state index is 0.144. The molecule has 0 radical (unpaired) electrons. The number of pyridine rings is 2. The highest BCUT2D eigenvalue weighted by Crippen LogP contribution is 2.16. The summed E-state index contributed by atoms with van der Waals surface area (Å²) in [5, 5.41) is 2.51. The van der Waals surface area contributed by atoms with E-state index < -0.39 is 5.91 Å². The van der Waals surface area contributed by atoms with E-state index in [1.807, 2.05) is 0 Å². The number of aromatic nitrogens is 2. The summed E-state index contributed by atoms with van der Waals surface area (Å²) in [6.07, 6.45) is 3.00. The molecule has 6 nitrogen and oxygen atoms in total. The average molecular weight is 324 g/mol. The molecule has 1 amide bonds. The molecular weight excluding hydrogens is 314 g/mol. The topological polar surface area (TPSA) is 84.1 Å². The van der Waals surface area contributed by atoms with E-state index in [1.165, 1.54) is 25.6 Å². The second-order valence-corrected chi connectivity index (χ2v) is 4.49. The van der Waals surface area contributed by atoms with Gasteiger partial charge in [0.15, 0.2) is 0 Å². The number of rotatable bonds is 3. The van der Waals surface area contributed by atoms with Crippen LogP contribution < -0.4 is 15.6 Å². The summed E-state index contributed by atoms with van der Waals surface area (Å²) in [5.74, 6) is -0.264. The Hall–Kier alpha value is -2.15. The summed E-state index contributed by atoms with van der Waals surface area (Å²) in [5.41, 5.74) is 0.00839. The fourth-order valence-corrected chi connectivity index (χ4v) is 1.81. The predicted molar refractivity (Wildman–Crippen MR) is 73.5 cm³/mol. The van der Waals surface area contributed by atoms with Gasteiger partial charge in [0.25, 0.3) is 11.5 Å². The number of aromatic amines is 1. The number of carbonyl (C=O) groups is 1. The van der Waals surface area contributed by atoms with Crippen molar-refractivity contribution >= 4 is 27.5 Å². The second kappa shape index (κ2) is 5.66. The van der Waals surface area contributed by atoms with Gasteiger partial charge >= 0.3 is 0 Å². The van der Waals surface area contributed by atoms with Crippen LogP contribution in [-0.2, 0) is 0 Å². The summed E-state index contributed by atoms with van der Waals surface area (Å²) in [6, 6.07) is 4.69. The van der Waals surface area contributed by atoms with Crippen molar-refractivity contribution in [3.8, 4) is 5.88 Å². The highest BCUT2D eigenvalue weighted by Gasteiger charge is 2.14. The highest BCUT2D eigenvalue weighted by molar-refractivity contribution is 9.10. The van der Waals surface area contributed by atoms with Crippen molar-refractivity contribution < 1.29 is 9.53 Å². The van der Waals surface area contributed by atoms with Gasteiger partial charge in [0.2, 0.25) is 5.88 Å². The number of amides is 1. The van der Waals surface area contributed by atoms with E-state index in [1.54, 1.807) is 12.1 Å². The molecule has 0 unspecified atom stereocenters. The maximum Gasteiger partial charge on any atom is 0.271 e. The van der Waals surface area contributed by atoms with E-state index in [0.29, 0.717) is 4.47 Å². The molecule has 2 aromatic heterocycles. The van der Waals surface area contributed by atoms with E-state index in [9.17, 15) is 9.59 Å². The zero-order valence-corrected chi connectivity index (χ0v) is 11.5.